The van der Waals surface area contributed by atoms with Gasteiger partial charge in [0.2, 0.25) is 0 Å². The molecule has 2 aromatic carbocycles. The van der Waals surface area contributed by atoms with Crippen LogP contribution in [0, 0.1) is 17.1 Å². The molecule has 0 aromatic heterocycles. The average Bonchev–Trinajstić information content (AvgIpc) is 2.39. The molecule has 0 saturated carbocycles. The first kappa shape index (κ1) is 13.4. The van der Waals surface area contributed by atoms with Crippen LogP contribution in [-0.4, -0.2) is 7.11 Å². The van der Waals surface area contributed by atoms with Crippen molar-refractivity contribution in [1.82, 2.24) is 0 Å². The van der Waals surface area contributed by atoms with Gasteiger partial charge in [-0.1, -0.05) is 22.0 Å². The van der Waals surface area contributed by atoms with Crippen molar-refractivity contribution in [2.24, 2.45) is 0 Å². The molecular formula is C14H10BrFN2O. The Labute approximate surface area is 118 Å². The number of nitrogens with one attached hydrogen (secondary N) is 1. The second-order valence-corrected chi connectivity index (χ2v) is 4.66. The van der Waals surface area contributed by atoms with Crippen molar-refractivity contribution in [3.05, 3.63) is 52.3 Å². The molecule has 1 N–H and O–H groups in total. The minimum atomic E-state index is -0.554. The zero-order valence-corrected chi connectivity index (χ0v) is 11.7. The maximum Gasteiger partial charge on any atom is 0.143 e. The molecule has 0 heterocycles. The summed E-state index contributed by atoms with van der Waals surface area (Å²) in [7, 11) is 1.55. The molecule has 96 valence electrons. The SMILES string of the molecule is COc1ccc(Br)cc1Nc1cccc(F)c1C#N. The van der Waals surface area contributed by atoms with Gasteiger partial charge in [0.05, 0.1) is 18.5 Å². The van der Waals surface area contributed by atoms with Crippen molar-refractivity contribution >= 4 is 27.3 Å². The Morgan fingerprint density at radius 1 is 1.26 bits per heavy atom. The number of rotatable bonds is 3. The highest BCUT2D eigenvalue weighted by Gasteiger charge is 2.10. The predicted octanol–water partition coefficient (Wildman–Crippen LogP) is 4.21. The van der Waals surface area contributed by atoms with E-state index in [-0.39, 0.29) is 5.56 Å². The molecule has 0 aliphatic carbocycles. The van der Waals surface area contributed by atoms with E-state index in [0.717, 1.165) is 4.47 Å². The fourth-order valence-corrected chi connectivity index (χ4v) is 2.03. The summed E-state index contributed by atoms with van der Waals surface area (Å²) < 4.78 is 19.6. The molecule has 2 rings (SSSR count). The van der Waals surface area contributed by atoms with Crippen molar-refractivity contribution < 1.29 is 9.13 Å². The van der Waals surface area contributed by atoms with Gasteiger partial charge in [-0.2, -0.15) is 5.26 Å². The minimum Gasteiger partial charge on any atom is -0.495 e. The Hall–Kier alpha value is -2.06. The second-order valence-electron chi connectivity index (χ2n) is 3.74. The van der Waals surface area contributed by atoms with Gasteiger partial charge in [0.1, 0.15) is 23.2 Å². The fraction of sp³-hybridized carbons (Fsp3) is 0.0714. The van der Waals surface area contributed by atoms with Crippen LogP contribution in [0.5, 0.6) is 5.75 Å². The number of nitrogens with zero attached hydrogens (tertiary/aromatic N) is 1. The van der Waals surface area contributed by atoms with Gasteiger partial charge in [-0.3, -0.25) is 0 Å². The van der Waals surface area contributed by atoms with Crippen LogP contribution in [0.15, 0.2) is 40.9 Å². The third-order valence-electron chi connectivity index (χ3n) is 2.56. The van der Waals surface area contributed by atoms with E-state index in [0.29, 0.717) is 17.1 Å². The van der Waals surface area contributed by atoms with Crippen LogP contribution >= 0.6 is 15.9 Å². The standard InChI is InChI=1S/C14H10BrFN2O/c1-19-14-6-5-9(15)7-13(14)18-12-4-2-3-11(16)10(12)8-17/h2-7,18H,1H3. The molecule has 3 nitrogen and oxygen atoms in total. The molecule has 5 heteroatoms. The summed E-state index contributed by atoms with van der Waals surface area (Å²) >= 11 is 3.35. The number of benzene rings is 2. The van der Waals surface area contributed by atoms with Gasteiger partial charge >= 0.3 is 0 Å². The largest absolute Gasteiger partial charge is 0.495 e. The van der Waals surface area contributed by atoms with Crippen molar-refractivity contribution in [3.8, 4) is 11.8 Å². The maximum atomic E-state index is 13.5. The Morgan fingerprint density at radius 3 is 2.74 bits per heavy atom. The molecule has 0 atom stereocenters. The quantitative estimate of drug-likeness (QED) is 0.921. The van der Waals surface area contributed by atoms with E-state index in [1.54, 1.807) is 31.4 Å². The van der Waals surface area contributed by atoms with Crippen LogP contribution in [0.1, 0.15) is 5.56 Å². The number of ether oxygens (including phenoxy) is 1. The number of anilines is 2. The zero-order valence-electron chi connectivity index (χ0n) is 10.1. The van der Waals surface area contributed by atoms with Crippen LogP contribution in [-0.2, 0) is 0 Å². The Bertz CT molecular complexity index is 652. The van der Waals surface area contributed by atoms with Gasteiger partial charge in [-0.15, -0.1) is 0 Å². The van der Waals surface area contributed by atoms with Crippen LogP contribution < -0.4 is 10.1 Å². The van der Waals surface area contributed by atoms with Gasteiger partial charge in [0.25, 0.3) is 0 Å². The number of hydrogen-bond acceptors (Lipinski definition) is 3. The molecule has 0 aliphatic heterocycles. The Kier molecular flexibility index (Phi) is 4.03. The number of halogens is 2. The minimum absolute atomic E-state index is 0.0236. The van der Waals surface area contributed by atoms with Gasteiger partial charge in [0.15, 0.2) is 0 Å². The predicted molar refractivity (Wildman–Crippen MR) is 75.1 cm³/mol. The monoisotopic (exact) mass is 320 g/mol. The van der Waals surface area contributed by atoms with Crippen molar-refractivity contribution in [1.29, 1.82) is 5.26 Å². The highest BCUT2D eigenvalue weighted by Crippen LogP contribution is 2.32. The lowest BCUT2D eigenvalue weighted by Gasteiger charge is -2.12. The molecule has 0 aliphatic rings. The molecule has 0 amide bonds. The summed E-state index contributed by atoms with van der Waals surface area (Å²) in [6.45, 7) is 0. The lowest BCUT2D eigenvalue weighted by molar-refractivity contribution is 0.416. The van der Waals surface area contributed by atoms with E-state index in [4.69, 9.17) is 10.00 Å². The van der Waals surface area contributed by atoms with Crippen LogP contribution in [0.25, 0.3) is 0 Å². The molecule has 0 fully saturated rings. The Balaban J connectivity index is 2.45. The van der Waals surface area contributed by atoms with E-state index in [1.165, 1.54) is 6.07 Å². The number of methoxy groups -OCH3 is 1. The summed E-state index contributed by atoms with van der Waals surface area (Å²) in [4.78, 5) is 0. The van der Waals surface area contributed by atoms with Crippen LogP contribution in [0.2, 0.25) is 0 Å². The molecule has 19 heavy (non-hydrogen) atoms. The summed E-state index contributed by atoms with van der Waals surface area (Å²) in [5.41, 5.74) is 1.03. The van der Waals surface area contributed by atoms with E-state index < -0.39 is 5.82 Å². The van der Waals surface area contributed by atoms with Crippen molar-refractivity contribution in [2.45, 2.75) is 0 Å². The highest BCUT2D eigenvalue weighted by atomic mass is 79.9. The lowest BCUT2D eigenvalue weighted by Crippen LogP contribution is -1.98. The normalized spacial score (nSPS) is 9.79. The molecule has 0 saturated heterocycles. The van der Waals surface area contributed by atoms with E-state index >= 15 is 0 Å². The molecule has 0 bridgehead atoms. The van der Waals surface area contributed by atoms with E-state index in [2.05, 4.69) is 21.2 Å². The third-order valence-corrected chi connectivity index (χ3v) is 3.05. The smallest absolute Gasteiger partial charge is 0.143 e. The van der Waals surface area contributed by atoms with Gasteiger partial charge in [0, 0.05) is 4.47 Å². The summed E-state index contributed by atoms with van der Waals surface area (Å²) in [5.74, 6) is 0.0535. The molecule has 0 unspecified atom stereocenters. The third kappa shape index (κ3) is 2.85. The molecule has 2 aromatic rings. The first-order valence-corrected chi connectivity index (χ1v) is 6.24. The highest BCUT2D eigenvalue weighted by molar-refractivity contribution is 9.10. The number of hydrogen-bond donors (Lipinski definition) is 1. The lowest BCUT2D eigenvalue weighted by atomic mass is 10.1. The van der Waals surface area contributed by atoms with Gasteiger partial charge < -0.3 is 10.1 Å². The van der Waals surface area contributed by atoms with Gasteiger partial charge in [-0.25, -0.2) is 4.39 Å². The maximum absolute atomic E-state index is 13.5. The fourth-order valence-electron chi connectivity index (χ4n) is 1.66. The van der Waals surface area contributed by atoms with Crippen LogP contribution in [0.4, 0.5) is 15.8 Å². The van der Waals surface area contributed by atoms with Gasteiger partial charge in [-0.05, 0) is 30.3 Å². The zero-order chi connectivity index (χ0) is 13.8. The molecular weight excluding hydrogens is 311 g/mol. The average molecular weight is 321 g/mol. The van der Waals surface area contributed by atoms with Crippen molar-refractivity contribution in [3.63, 3.8) is 0 Å². The first-order chi connectivity index (χ1) is 9.15. The summed E-state index contributed by atoms with van der Waals surface area (Å²) in [6.07, 6.45) is 0. The molecule has 0 radical (unpaired) electrons. The molecule has 0 spiro atoms. The van der Waals surface area contributed by atoms with Crippen LogP contribution in [0.3, 0.4) is 0 Å². The number of nitriles is 1. The van der Waals surface area contributed by atoms with E-state index in [1.807, 2.05) is 12.1 Å². The van der Waals surface area contributed by atoms with Crippen molar-refractivity contribution in [2.75, 3.05) is 12.4 Å². The van der Waals surface area contributed by atoms with E-state index in [9.17, 15) is 4.39 Å². The second kappa shape index (κ2) is 5.72. The Morgan fingerprint density at radius 2 is 2.05 bits per heavy atom. The summed E-state index contributed by atoms with van der Waals surface area (Å²) in [6, 6.07) is 11.7. The summed E-state index contributed by atoms with van der Waals surface area (Å²) in [5, 5.41) is 12.0. The first-order valence-electron chi connectivity index (χ1n) is 5.45. The topological polar surface area (TPSA) is 45.0 Å².